The Morgan fingerprint density at radius 1 is 1.80 bits per heavy atom. The minimum Gasteiger partial charge on any atom is -0.394 e. The summed E-state index contributed by atoms with van der Waals surface area (Å²) >= 11 is 0. The number of nitrogens with zero attached hydrogens (tertiary/aromatic N) is 2. The number of aryl methyl sites for hydroxylation is 1. The molecule has 0 saturated carbocycles. The quantitative estimate of drug-likeness (QED) is 0.775. The van der Waals surface area contributed by atoms with Gasteiger partial charge in [-0.25, -0.2) is 0 Å². The summed E-state index contributed by atoms with van der Waals surface area (Å²) in [4.78, 5) is 13.7. The lowest BCUT2D eigenvalue weighted by molar-refractivity contribution is 0.0676. The highest BCUT2D eigenvalue weighted by Crippen LogP contribution is 2.20. The van der Waals surface area contributed by atoms with Crippen LogP contribution >= 0.6 is 0 Å². The lowest BCUT2D eigenvalue weighted by atomic mass is 10.2. The molecule has 0 aliphatic carbocycles. The van der Waals surface area contributed by atoms with Crippen LogP contribution in [0.3, 0.4) is 0 Å². The lowest BCUT2D eigenvalue weighted by Crippen LogP contribution is -2.37. The largest absolute Gasteiger partial charge is 0.394 e. The Hall–Kier alpha value is -1.36. The molecule has 1 aliphatic rings. The Morgan fingerprint density at radius 2 is 2.60 bits per heavy atom. The van der Waals surface area contributed by atoms with E-state index in [0.717, 1.165) is 12.8 Å². The molecule has 1 fully saturated rings. The topological polar surface area (TPSA) is 66.6 Å². The summed E-state index contributed by atoms with van der Waals surface area (Å²) in [5.74, 6) is 0.439. The second kappa shape index (κ2) is 4.02. The highest BCUT2D eigenvalue weighted by molar-refractivity contribution is 5.95. The molecular formula is C10H14N2O3. The zero-order valence-electron chi connectivity index (χ0n) is 8.64. The zero-order chi connectivity index (χ0) is 10.8. The van der Waals surface area contributed by atoms with Crippen LogP contribution in [-0.2, 0) is 0 Å². The molecule has 1 amide bonds. The van der Waals surface area contributed by atoms with Crippen LogP contribution in [0.15, 0.2) is 10.7 Å². The number of hydrogen-bond acceptors (Lipinski definition) is 4. The molecule has 5 nitrogen and oxygen atoms in total. The van der Waals surface area contributed by atoms with Gasteiger partial charge in [0.2, 0.25) is 0 Å². The minimum atomic E-state index is -0.0923. The van der Waals surface area contributed by atoms with E-state index in [1.54, 1.807) is 11.8 Å². The molecule has 82 valence electrons. The van der Waals surface area contributed by atoms with Crippen molar-refractivity contribution in [1.82, 2.24) is 10.1 Å². The van der Waals surface area contributed by atoms with Crippen molar-refractivity contribution in [2.45, 2.75) is 25.8 Å². The summed E-state index contributed by atoms with van der Waals surface area (Å²) in [6.45, 7) is 2.44. The fraction of sp³-hybridized carbons (Fsp3) is 0.600. The predicted molar refractivity (Wildman–Crippen MR) is 52.4 cm³/mol. The van der Waals surface area contributed by atoms with Crippen molar-refractivity contribution in [3.63, 3.8) is 0 Å². The van der Waals surface area contributed by atoms with E-state index < -0.39 is 0 Å². The van der Waals surface area contributed by atoms with Crippen molar-refractivity contribution >= 4 is 5.91 Å². The van der Waals surface area contributed by atoms with Gasteiger partial charge < -0.3 is 14.5 Å². The summed E-state index contributed by atoms with van der Waals surface area (Å²) < 4.78 is 4.85. The molecule has 1 atom stereocenters. The van der Waals surface area contributed by atoms with Crippen LogP contribution in [-0.4, -0.2) is 40.3 Å². The Bertz CT molecular complexity index is 361. The lowest BCUT2D eigenvalue weighted by Gasteiger charge is -2.22. The van der Waals surface area contributed by atoms with Crippen molar-refractivity contribution in [2.75, 3.05) is 13.2 Å². The van der Waals surface area contributed by atoms with Gasteiger partial charge in [-0.05, 0) is 19.8 Å². The van der Waals surface area contributed by atoms with Crippen molar-refractivity contribution in [3.05, 3.63) is 17.5 Å². The number of amides is 1. The number of aliphatic hydroxyl groups excluding tert-OH is 1. The molecule has 0 radical (unpaired) electrons. The van der Waals surface area contributed by atoms with E-state index in [4.69, 9.17) is 9.63 Å². The van der Waals surface area contributed by atoms with Gasteiger partial charge in [0, 0.05) is 6.54 Å². The minimum absolute atomic E-state index is 0.0239. The first-order valence-electron chi connectivity index (χ1n) is 5.07. The van der Waals surface area contributed by atoms with Crippen molar-refractivity contribution in [3.8, 4) is 0 Å². The van der Waals surface area contributed by atoms with Crippen LogP contribution in [0.1, 0.15) is 29.0 Å². The van der Waals surface area contributed by atoms with Gasteiger partial charge in [-0.15, -0.1) is 0 Å². The molecule has 2 rings (SSSR count). The monoisotopic (exact) mass is 210 g/mol. The van der Waals surface area contributed by atoms with Crippen molar-refractivity contribution < 1.29 is 14.4 Å². The summed E-state index contributed by atoms with van der Waals surface area (Å²) in [5, 5.41) is 12.7. The molecule has 1 aliphatic heterocycles. The molecule has 0 bridgehead atoms. The summed E-state index contributed by atoms with van der Waals surface area (Å²) in [6, 6.07) is -0.0493. The molecule has 15 heavy (non-hydrogen) atoms. The maximum atomic E-state index is 12.0. The highest BCUT2D eigenvalue weighted by Gasteiger charge is 2.30. The highest BCUT2D eigenvalue weighted by atomic mass is 16.5. The first kappa shape index (κ1) is 10.2. The van der Waals surface area contributed by atoms with Gasteiger partial charge in [0.05, 0.1) is 18.8 Å². The molecule has 5 heteroatoms. The van der Waals surface area contributed by atoms with Crippen LogP contribution in [0.5, 0.6) is 0 Å². The smallest absolute Gasteiger partial charge is 0.259 e. The van der Waals surface area contributed by atoms with Crippen molar-refractivity contribution in [2.24, 2.45) is 0 Å². The van der Waals surface area contributed by atoms with E-state index in [1.807, 2.05) is 0 Å². The molecule has 1 aromatic heterocycles. The standard InChI is InChI=1S/C10H14N2O3/c1-7-9(5-11-15-7)10(14)12-4-2-3-8(12)6-13/h5,8,13H,2-4,6H2,1H3/t8-/m0/s1. The Morgan fingerprint density at radius 3 is 3.20 bits per heavy atom. The number of aliphatic hydroxyl groups is 1. The first-order valence-corrected chi connectivity index (χ1v) is 5.07. The summed E-state index contributed by atoms with van der Waals surface area (Å²) in [7, 11) is 0. The van der Waals surface area contributed by atoms with Gasteiger partial charge in [0.15, 0.2) is 0 Å². The molecule has 1 saturated heterocycles. The third-order valence-corrected chi connectivity index (χ3v) is 2.83. The van der Waals surface area contributed by atoms with Gasteiger partial charge in [-0.2, -0.15) is 0 Å². The molecule has 1 aromatic rings. The Kier molecular flexibility index (Phi) is 2.73. The van der Waals surface area contributed by atoms with Gasteiger partial charge in [0.1, 0.15) is 11.3 Å². The third-order valence-electron chi connectivity index (χ3n) is 2.83. The number of carbonyl (C=O) groups is 1. The maximum absolute atomic E-state index is 12.0. The molecule has 0 spiro atoms. The van der Waals surface area contributed by atoms with Gasteiger partial charge in [0.25, 0.3) is 5.91 Å². The van der Waals surface area contributed by atoms with E-state index in [2.05, 4.69) is 5.16 Å². The van der Waals surface area contributed by atoms with E-state index in [9.17, 15) is 4.79 Å². The normalized spacial score (nSPS) is 20.9. The number of hydrogen-bond donors (Lipinski definition) is 1. The van der Waals surface area contributed by atoms with Gasteiger partial charge in [-0.3, -0.25) is 4.79 Å². The van der Waals surface area contributed by atoms with Gasteiger partial charge in [-0.1, -0.05) is 5.16 Å². The van der Waals surface area contributed by atoms with Crippen LogP contribution in [0.4, 0.5) is 0 Å². The van der Waals surface area contributed by atoms with Crippen LogP contribution in [0.2, 0.25) is 0 Å². The van der Waals surface area contributed by atoms with Gasteiger partial charge >= 0.3 is 0 Å². The van der Waals surface area contributed by atoms with E-state index in [0.29, 0.717) is 17.9 Å². The second-order valence-corrected chi connectivity index (χ2v) is 3.77. The second-order valence-electron chi connectivity index (χ2n) is 3.77. The summed E-state index contributed by atoms with van der Waals surface area (Å²) in [6.07, 6.45) is 3.25. The molecule has 2 heterocycles. The number of carbonyl (C=O) groups excluding carboxylic acids is 1. The van der Waals surface area contributed by atoms with Crippen LogP contribution in [0, 0.1) is 6.92 Å². The average molecular weight is 210 g/mol. The SMILES string of the molecule is Cc1oncc1C(=O)N1CCC[C@H]1CO. The molecule has 0 unspecified atom stereocenters. The molecule has 1 N–H and O–H groups in total. The molecular weight excluding hydrogens is 196 g/mol. The van der Waals surface area contributed by atoms with E-state index in [-0.39, 0.29) is 18.6 Å². The zero-order valence-corrected chi connectivity index (χ0v) is 8.64. The van der Waals surface area contributed by atoms with E-state index >= 15 is 0 Å². The fourth-order valence-electron chi connectivity index (χ4n) is 1.95. The number of aromatic nitrogens is 1. The molecule has 0 aromatic carbocycles. The average Bonchev–Trinajstić information content (AvgIpc) is 2.84. The van der Waals surface area contributed by atoms with Crippen LogP contribution < -0.4 is 0 Å². The number of rotatable bonds is 2. The fourth-order valence-corrected chi connectivity index (χ4v) is 1.95. The van der Waals surface area contributed by atoms with Crippen molar-refractivity contribution in [1.29, 1.82) is 0 Å². The summed E-state index contributed by atoms with van der Waals surface area (Å²) in [5.41, 5.74) is 0.496. The third kappa shape index (κ3) is 1.74. The predicted octanol–water partition coefficient (Wildman–Crippen LogP) is 0.580. The Labute approximate surface area is 87.7 Å². The van der Waals surface area contributed by atoms with Crippen LogP contribution in [0.25, 0.3) is 0 Å². The Balaban J connectivity index is 2.18. The first-order chi connectivity index (χ1) is 7.24. The van der Waals surface area contributed by atoms with E-state index in [1.165, 1.54) is 6.20 Å². The number of likely N-dealkylation sites (tertiary alicyclic amines) is 1. The maximum Gasteiger partial charge on any atom is 0.259 e.